The van der Waals surface area contributed by atoms with E-state index in [4.69, 9.17) is 9.47 Å². The van der Waals surface area contributed by atoms with Crippen LogP contribution in [0.5, 0.6) is 5.75 Å². The first-order valence-corrected chi connectivity index (χ1v) is 10.6. The van der Waals surface area contributed by atoms with Crippen molar-refractivity contribution in [3.05, 3.63) is 66.3 Å². The van der Waals surface area contributed by atoms with Gasteiger partial charge in [-0.25, -0.2) is 9.59 Å². The summed E-state index contributed by atoms with van der Waals surface area (Å²) in [6, 6.07) is 2.00. The molecule has 0 saturated heterocycles. The number of methoxy groups -OCH3 is 2. The number of hydrogen-bond donors (Lipinski definition) is 1. The predicted molar refractivity (Wildman–Crippen MR) is 118 cm³/mol. The summed E-state index contributed by atoms with van der Waals surface area (Å²) in [6.07, 6.45) is 2.52. The van der Waals surface area contributed by atoms with E-state index in [-0.39, 0.29) is 21.2 Å². The smallest absolute Gasteiger partial charge is 0.348 e. The molecule has 0 spiro atoms. The number of benzene rings is 1. The summed E-state index contributed by atoms with van der Waals surface area (Å²) in [4.78, 5) is 49.8. The molecule has 12 heteroatoms. The van der Waals surface area contributed by atoms with Crippen LogP contribution in [0.15, 0.2) is 50.6 Å². The van der Waals surface area contributed by atoms with Gasteiger partial charge in [0.2, 0.25) is 4.87 Å². The molecule has 0 bridgehead atoms. The van der Waals surface area contributed by atoms with Gasteiger partial charge < -0.3 is 19.5 Å². The van der Waals surface area contributed by atoms with Crippen LogP contribution < -0.4 is 0 Å². The lowest BCUT2D eigenvalue weighted by atomic mass is 9.93. The normalized spacial score (nSPS) is 19.7. The van der Waals surface area contributed by atoms with Gasteiger partial charge in [-0.1, -0.05) is 11.8 Å². The summed E-state index contributed by atoms with van der Waals surface area (Å²) in [5.74, 6) is -2.91. The van der Waals surface area contributed by atoms with Gasteiger partial charge in [0.1, 0.15) is 5.75 Å². The Bertz CT molecular complexity index is 1170. The quantitative estimate of drug-likeness (QED) is 0.264. The van der Waals surface area contributed by atoms with Gasteiger partial charge in [-0.3, -0.25) is 14.9 Å². The number of fused-ring (bicyclic) bond motifs is 1. The average Bonchev–Trinajstić information content (AvgIpc) is 3.03. The molecule has 0 radical (unpaired) electrons. The third-order valence-electron chi connectivity index (χ3n) is 5.08. The van der Waals surface area contributed by atoms with E-state index in [1.54, 1.807) is 13.8 Å². The molecule has 10 nitrogen and oxygen atoms in total. The molecule has 0 aromatic heterocycles. The van der Waals surface area contributed by atoms with E-state index in [2.05, 4.69) is 15.9 Å². The Morgan fingerprint density at radius 3 is 2.44 bits per heavy atom. The van der Waals surface area contributed by atoms with Crippen LogP contribution in [0.25, 0.3) is 0 Å². The van der Waals surface area contributed by atoms with Crippen LogP contribution in [0.1, 0.15) is 24.2 Å². The highest BCUT2D eigenvalue weighted by Gasteiger charge is 2.58. The Labute approximate surface area is 194 Å². The second kappa shape index (κ2) is 8.43. The molecule has 1 aromatic rings. The molecule has 0 aliphatic carbocycles. The lowest BCUT2D eigenvalue weighted by Gasteiger charge is -2.38. The number of non-ortho nitro benzene ring substituents is 1. The lowest BCUT2D eigenvalue weighted by molar-refractivity contribution is -0.385. The first-order valence-electron chi connectivity index (χ1n) is 8.97. The topological polar surface area (TPSA) is 136 Å². The molecule has 168 valence electrons. The summed E-state index contributed by atoms with van der Waals surface area (Å²) < 4.78 is 9.77. The molecule has 2 aliphatic heterocycles. The van der Waals surface area contributed by atoms with Crippen LogP contribution in [0.4, 0.5) is 5.69 Å². The summed E-state index contributed by atoms with van der Waals surface area (Å²) in [5, 5.41) is 21.6. The van der Waals surface area contributed by atoms with Crippen molar-refractivity contribution in [3.8, 4) is 5.75 Å². The van der Waals surface area contributed by atoms with Gasteiger partial charge in [0.05, 0.1) is 34.8 Å². The average molecular weight is 525 g/mol. The van der Waals surface area contributed by atoms with Crippen LogP contribution in [0.3, 0.4) is 0 Å². The number of hydrogen-bond acceptors (Lipinski definition) is 10. The summed E-state index contributed by atoms with van der Waals surface area (Å²) in [7, 11) is 2.31. The molecule has 1 atom stereocenters. The molecule has 0 fully saturated rings. The third-order valence-corrected chi connectivity index (χ3v) is 7.16. The number of rotatable bonds is 5. The second-order valence-electron chi connectivity index (χ2n) is 6.79. The number of aromatic hydroxyl groups is 1. The van der Waals surface area contributed by atoms with Crippen molar-refractivity contribution in [2.45, 2.75) is 18.7 Å². The van der Waals surface area contributed by atoms with E-state index in [1.165, 1.54) is 24.3 Å². The van der Waals surface area contributed by atoms with E-state index in [0.29, 0.717) is 10.6 Å². The first kappa shape index (κ1) is 23.5. The molecule has 3 rings (SSSR count). The summed E-state index contributed by atoms with van der Waals surface area (Å²) >= 11 is 4.08. The minimum Gasteiger partial charge on any atom is -0.506 e. The van der Waals surface area contributed by atoms with E-state index in [1.807, 2.05) is 0 Å². The molecule has 2 aliphatic rings. The van der Waals surface area contributed by atoms with Gasteiger partial charge in [0, 0.05) is 34.5 Å². The SMILES string of the molecule is COC(=O)C1=CC(C(=O)c2cc([N+](=O)[O-])cc(Br)c2O)=CN2C(C)=C(C)SC12C(=O)OC. The molecule has 1 unspecified atom stereocenters. The van der Waals surface area contributed by atoms with Crippen LogP contribution in [-0.2, 0) is 19.1 Å². The first-order chi connectivity index (χ1) is 15.0. The second-order valence-corrected chi connectivity index (χ2v) is 9.05. The molecule has 0 amide bonds. The van der Waals surface area contributed by atoms with Crippen LogP contribution in [0.2, 0.25) is 0 Å². The number of phenolic OH excluding ortho intramolecular Hbond substituents is 1. The predicted octanol–water partition coefficient (Wildman–Crippen LogP) is 3.41. The maximum atomic E-state index is 13.3. The molecular weight excluding hydrogens is 508 g/mol. The highest BCUT2D eigenvalue weighted by atomic mass is 79.9. The minimum atomic E-state index is -1.63. The summed E-state index contributed by atoms with van der Waals surface area (Å²) in [6.45, 7) is 3.45. The number of carbonyl (C=O) groups excluding carboxylic acids is 3. The van der Waals surface area contributed by atoms with Crippen molar-refractivity contribution in [1.82, 2.24) is 4.90 Å². The van der Waals surface area contributed by atoms with Crippen LogP contribution in [-0.4, -0.2) is 51.7 Å². The minimum absolute atomic E-state index is 0.0452. The number of Topliss-reactive ketones (excluding diaryl/α,β-unsaturated/α-hetero) is 1. The zero-order valence-corrected chi connectivity index (χ0v) is 19.7. The third kappa shape index (κ3) is 3.48. The number of ether oxygens (including phenoxy) is 2. The van der Waals surface area contributed by atoms with Gasteiger partial charge in [0.25, 0.3) is 5.69 Å². The lowest BCUT2D eigenvalue weighted by Crippen LogP contribution is -2.52. The van der Waals surface area contributed by atoms with Gasteiger partial charge in [-0.05, 0) is 35.9 Å². The number of ketones is 1. The fourth-order valence-electron chi connectivity index (χ4n) is 3.39. The van der Waals surface area contributed by atoms with Gasteiger partial charge >= 0.3 is 11.9 Å². The zero-order valence-electron chi connectivity index (χ0n) is 17.3. The standard InChI is InChI=1S/C20H17BrN2O8S/c1-9-10(2)32-20(19(27)31-4)14(18(26)30-3)5-11(8-22(9)20)16(24)13-6-12(23(28)29)7-15(21)17(13)25/h5-8,25H,1-4H3. The Hall–Kier alpha value is -3.12. The Morgan fingerprint density at radius 2 is 1.88 bits per heavy atom. The molecule has 0 saturated carbocycles. The number of thioether (sulfide) groups is 1. The number of halogens is 1. The van der Waals surface area contributed by atoms with Crippen LogP contribution in [0, 0.1) is 10.1 Å². The molecule has 2 heterocycles. The van der Waals surface area contributed by atoms with Crippen molar-refractivity contribution >= 4 is 51.1 Å². The van der Waals surface area contributed by atoms with Crippen molar-refractivity contribution < 1.29 is 33.9 Å². The Kier molecular flexibility index (Phi) is 6.20. The number of nitrogens with zero attached hydrogens (tertiary/aromatic N) is 2. The van der Waals surface area contributed by atoms with Crippen LogP contribution >= 0.6 is 27.7 Å². The number of phenols is 1. The summed E-state index contributed by atoms with van der Waals surface area (Å²) in [5.41, 5.74) is -0.442. The Balaban J connectivity index is 2.24. The van der Waals surface area contributed by atoms with Crippen molar-refractivity contribution in [1.29, 1.82) is 0 Å². The van der Waals surface area contributed by atoms with Crippen molar-refractivity contribution in [3.63, 3.8) is 0 Å². The fourth-order valence-corrected chi connectivity index (χ4v) is 5.24. The number of esters is 2. The molecule has 32 heavy (non-hydrogen) atoms. The van der Waals surface area contributed by atoms with E-state index in [0.717, 1.165) is 31.0 Å². The fraction of sp³-hybridized carbons (Fsp3) is 0.250. The van der Waals surface area contributed by atoms with E-state index in [9.17, 15) is 29.6 Å². The number of carbonyl (C=O) groups is 3. The van der Waals surface area contributed by atoms with Gasteiger partial charge in [-0.15, -0.1) is 0 Å². The number of allylic oxidation sites excluding steroid dienone is 4. The van der Waals surface area contributed by atoms with Gasteiger partial charge in [-0.2, -0.15) is 0 Å². The monoisotopic (exact) mass is 524 g/mol. The van der Waals surface area contributed by atoms with Gasteiger partial charge in [0.15, 0.2) is 5.78 Å². The highest BCUT2D eigenvalue weighted by molar-refractivity contribution is 9.10. The molecule has 1 aromatic carbocycles. The van der Waals surface area contributed by atoms with Crippen molar-refractivity contribution in [2.24, 2.45) is 0 Å². The number of nitro groups is 1. The molecular formula is C20H17BrN2O8S. The highest BCUT2D eigenvalue weighted by Crippen LogP contribution is 2.53. The molecule has 1 N–H and O–H groups in total. The zero-order chi connectivity index (χ0) is 24.0. The van der Waals surface area contributed by atoms with E-state index >= 15 is 0 Å². The maximum absolute atomic E-state index is 13.3. The Morgan fingerprint density at radius 1 is 1.22 bits per heavy atom. The van der Waals surface area contributed by atoms with E-state index < -0.39 is 39.0 Å². The maximum Gasteiger partial charge on any atom is 0.348 e. The number of nitro benzene ring substituents is 1. The van der Waals surface area contributed by atoms with Crippen molar-refractivity contribution in [2.75, 3.05) is 14.2 Å². The largest absolute Gasteiger partial charge is 0.506 e.